The maximum atomic E-state index is 12.7. The third-order valence-electron chi connectivity index (χ3n) is 4.51. The third kappa shape index (κ3) is 3.95. The Morgan fingerprint density at radius 2 is 1.90 bits per heavy atom. The van der Waals surface area contributed by atoms with Crippen molar-refractivity contribution in [3.05, 3.63) is 63.3 Å². The van der Waals surface area contributed by atoms with Crippen LogP contribution in [0, 0.1) is 17.0 Å². The lowest BCUT2D eigenvalue weighted by atomic mass is 10.1. The lowest BCUT2D eigenvalue weighted by Crippen LogP contribution is -2.16. The van der Waals surface area contributed by atoms with E-state index in [1.54, 1.807) is 26.0 Å². The number of nitro groups is 1. The Morgan fingerprint density at radius 3 is 2.57 bits per heavy atom. The summed E-state index contributed by atoms with van der Waals surface area (Å²) in [5.74, 6) is -1.14. The Kier molecular flexibility index (Phi) is 6.01. The zero-order valence-electron chi connectivity index (χ0n) is 16.7. The van der Waals surface area contributed by atoms with Gasteiger partial charge < -0.3 is 19.2 Å². The topological polar surface area (TPSA) is 121 Å². The molecule has 9 heteroatoms. The number of hydrogen-bond donors (Lipinski definition) is 1. The number of rotatable bonds is 8. The molecule has 0 spiro atoms. The van der Waals surface area contributed by atoms with Crippen molar-refractivity contribution >= 4 is 28.3 Å². The summed E-state index contributed by atoms with van der Waals surface area (Å²) in [5.41, 5.74) is 1.02. The zero-order chi connectivity index (χ0) is 21.8. The van der Waals surface area contributed by atoms with Gasteiger partial charge in [0.2, 0.25) is 5.78 Å². The second kappa shape index (κ2) is 8.64. The number of hydrogen-bond acceptors (Lipinski definition) is 7. The maximum Gasteiger partial charge on any atom is 0.345 e. The van der Waals surface area contributed by atoms with Crippen molar-refractivity contribution in [1.29, 1.82) is 0 Å². The number of esters is 1. The summed E-state index contributed by atoms with van der Waals surface area (Å²) in [6.07, 6.45) is 0. The van der Waals surface area contributed by atoms with Gasteiger partial charge in [0, 0.05) is 28.2 Å². The van der Waals surface area contributed by atoms with Gasteiger partial charge in [0.15, 0.2) is 18.1 Å². The van der Waals surface area contributed by atoms with Crippen molar-refractivity contribution in [1.82, 2.24) is 4.98 Å². The summed E-state index contributed by atoms with van der Waals surface area (Å²) in [6.45, 7) is 3.16. The predicted octanol–water partition coefficient (Wildman–Crippen LogP) is 3.83. The molecule has 30 heavy (non-hydrogen) atoms. The summed E-state index contributed by atoms with van der Waals surface area (Å²) in [6, 6.07) is 9.53. The molecule has 0 fully saturated rings. The molecule has 0 aliphatic rings. The van der Waals surface area contributed by atoms with Crippen LogP contribution >= 0.6 is 0 Å². The van der Waals surface area contributed by atoms with Crippen molar-refractivity contribution in [2.75, 3.05) is 20.3 Å². The zero-order valence-corrected chi connectivity index (χ0v) is 16.7. The highest BCUT2D eigenvalue weighted by Gasteiger charge is 2.27. The number of H-pyrrole nitrogens is 1. The van der Waals surface area contributed by atoms with Gasteiger partial charge in [-0.05, 0) is 19.9 Å². The minimum absolute atomic E-state index is 0.133. The van der Waals surface area contributed by atoms with Crippen LogP contribution in [0.3, 0.4) is 0 Å². The number of para-hydroxylation sites is 1. The fourth-order valence-electron chi connectivity index (χ4n) is 3.21. The highest BCUT2D eigenvalue weighted by molar-refractivity contribution is 6.10. The van der Waals surface area contributed by atoms with Crippen LogP contribution in [0.5, 0.6) is 11.5 Å². The van der Waals surface area contributed by atoms with Crippen molar-refractivity contribution in [3.63, 3.8) is 0 Å². The highest BCUT2D eigenvalue weighted by atomic mass is 16.6. The van der Waals surface area contributed by atoms with Gasteiger partial charge >= 0.3 is 5.97 Å². The van der Waals surface area contributed by atoms with Crippen molar-refractivity contribution in [2.45, 2.75) is 13.8 Å². The van der Waals surface area contributed by atoms with E-state index in [0.29, 0.717) is 16.6 Å². The van der Waals surface area contributed by atoms with Gasteiger partial charge in [-0.3, -0.25) is 14.9 Å². The molecule has 1 heterocycles. The van der Waals surface area contributed by atoms with E-state index in [1.807, 2.05) is 12.1 Å². The number of aromatic amines is 1. The van der Waals surface area contributed by atoms with Gasteiger partial charge in [-0.15, -0.1) is 0 Å². The molecule has 156 valence electrons. The fourth-order valence-corrected chi connectivity index (χ4v) is 3.21. The predicted molar refractivity (Wildman–Crippen MR) is 108 cm³/mol. The van der Waals surface area contributed by atoms with Crippen molar-refractivity contribution in [3.8, 4) is 11.5 Å². The van der Waals surface area contributed by atoms with Gasteiger partial charge in [-0.2, -0.15) is 0 Å². The first kappa shape index (κ1) is 20.8. The number of carbonyl (C=O) groups excluding carboxylic acids is 2. The molecule has 9 nitrogen and oxygen atoms in total. The lowest BCUT2D eigenvalue weighted by Gasteiger charge is -2.11. The maximum absolute atomic E-state index is 12.7. The molecule has 3 rings (SSSR count). The van der Waals surface area contributed by atoms with Gasteiger partial charge in [-0.1, -0.05) is 18.2 Å². The number of carbonyl (C=O) groups is 2. The number of nitrogens with one attached hydrogen (secondary N) is 1. The number of Topliss-reactive ketones (excluding diaryl/α,β-unsaturated/α-hetero) is 1. The van der Waals surface area contributed by atoms with Gasteiger partial charge in [0.05, 0.1) is 24.7 Å². The average Bonchev–Trinajstić information content (AvgIpc) is 3.07. The van der Waals surface area contributed by atoms with Crippen molar-refractivity contribution < 1.29 is 28.7 Å². The Labute approximate surface area is 171 Å². The minimum atomic E-state index is -1.01. The van der Waals surface area contributed by atoms with E-state index in [1.165, 1.54) is 13.2 Å². The van der Waals surface area contributed by atoms with Crippen LogP contribution < -0.4 is 9.47 Å². The minimum Gasteiger partial charge on any atom is -0.493 e. The fraction of sp³-hybridized carbons (Fsp3) is 0.238. The van der Waals surface area contributed by atoms with E-state index in [2.05, 4.69) is 4.98 Å². The highest BCUT2D eigenvalue weighted by Crippen LogP contribution is 2.35. The lowest BCUT2D eigenvalue weighted by molar-refractivity contribution is -0.385. The van der Waals surface area contributed by atoms with E-state index in [4.69, 9.17) is 14.2 Å². The molecule has 1 aromatic heterocycles. The molecule has 0 radical (unpaired) electrons. The van der Waals surface area contributed by atoms with Gasteiger partial charge in [0.1, 0.15) is 5.56 Å². The Morgan fingerprint density at radius 1 is 1.17 bits per heavy atom. The van der Waals surface area contributed by atoms with E-state index in [-0.39, 0.29) is 23.7 Å². The quantitative estimate of drug-likeness (QED) is 0.258. The summed E-state index contributed by atoms with van der Waals surface area (Å²) in [7, 11) is 1.35. The van der Waals surface area contributed by atoms with Crippen LogP contribution in [0.4, 0.5) is 5.69 Å². The molecule has 0 amide bonds. The second-order valence-corrected chi connectivity index (χ2v) is 6.38. The largest absolute Gasteiger partial charge is 0.493 e. The van der Waals surface area contributed by atoms with E-state index in [9.17, 15) is 19.7 Å². The summed E-state index contributed by atoms with van der Waals surface area (Å²) in [4.78, 5) is 39.0. The number of ether oxygens (including phenoxy) is 3. The first-order chi connectivity index (χ1) is 14.4. The Bertz CT molecular complexity index is 1130. The standard InChI is InChI=1S/C21H20N2O7/c1-4-29-19-10-16(23(26)27)14(9-18(19)28-3)21(25)30-11-17(24)20-12(2)22-15-8-6-5-7-13(15)20/h5-10,22H,4,11H2,1-3H3. The van der Waals surface area contributed by atoms with Crippen LogP contribution in [-0.2, 0) is 4.74 Å². The Balaban J connectivity index is 1.86. The summed E-state index contributed by atoms with van der Waals surface area (Å²) in [5, 5.41) is 12.1. The van der Waals surface area contributed by atoms with Crippen LogP contribution in [0.1, 0.15) is 33.3 Å². The smallest absolute Gasteiger partial charge is 0.345 e. The van der Waals surface area contributed by atoms with Crippen LogP contribution in [0.2, 0.25) is 0 Å². The van der Waals surface area contributed by atoms with E-state index < -0.39 is 29.0 Å². The molecule has 0 atom stereocenters. The van der Waals surface area contributed by atoms with Crippen LogP contribution in [0.25, 0.3) is 10.9 Å². The van der Waals surface area contributed by atoms with Gasteiger partial charge in [-0.25, -0.2) is 4.79 Å². The molecule has 0 saturated carbocycles. The molecule has 0 unspecified atom stereocenters. The SMILES string of the molecule is CCOc1cc([N+](=O)[O-])c(C(=O)OCC(=O)c2c(C)[nH]c3ccccc23)cc1OC. The molecule has 0 aliphatic heterocycles. The molecule has 3 aromatic rings. The van der Waals surface area contributed by atoms with Crippen molar-refractivity contribution in [2.24, 2.45) is 0 Å². The molecule has 0 saturated heterocycles. The number of nitro benzene ring substituents is 1. The molecule has 1 N–H and O–H groups in total. The molecule has 2 aromatic carbocycles. The second-order valence-electron chi connectivity index (χ2n) is 6.38. The average molecular weight is 412 g/mol. The molecular formula is C21H20N2O7. The number of aromatic nitrogens is 1. The number of fused-ring (bicyclic) bond motifs is 1. The van der Waals surface area contributed by atoms with Gasteiger partial charge in [0.25, 0.3) is 5.69 Å². The molecular weight excluding hydrogens is 392 g/mol. The number of aryl methyl sites for hydroxylation is 1. The van der Waals surface area contributed by atoms with Crippen LogP contribution in [0.15, 0.2) is 36.4 Å². The van der Waals surface area contributed by atoms with Crippen LogP contribution in [-0.4, -0.2) is 42.0 Å². The first-order valence-electron chi connectivity index (χ1n) is 9.14. The molecule has 0 bridgehead atoms. The van der Waals surface area contributed by atoms with E-state index >= 15 is 0 Å². The summed E-state index contributed by atoms with van der Waals surface area (Å²) >= 11 is 0. The Hall–Kier alpha value is -3.88. The first-order valence-corrected chi connectivity index (χ1v) is 9.14. The molecule has 0 aliphatic carbocycles. The normalized spacial score (nSPS) is 10.6. The number of ketones is 1. The number of methoxy groups -OCH3 is 1. The third-order valence-corrected chi connectivity index (χ3v) is 4.51. The monoisotopic (exact) mass is 412 g/mol. The number of nitrogens with zero attached hydrogens (tertiary/aromatic N) is 1. The van der Waals surface area contributed by atoms with E-state index in [0.717, 1.165) is 11.6 Å². The summed E-state index contributed by atoms with van der Waals surface area (Å²) < 4.78 is 15.6. The number of benzene rings is 2.